The molecule has 5 nitrogen and oxygen atoms in total. The Morgan fingerprint density at radius 3 is 2.76 bits per heavy atom. The third-order valence-corrected chi connectivity index (χ3v) is 3.29. The molecule has 0 bridgehead atoms. The van der Waals surface area contributed by atoms with Gasteiger partial charge in [-0.3, -0.25) is 4.90 Å². The first-order chi connectivity index (χ1) is 8.17. The quantitative estimate of drug-likeness (QED) is 0.610. The third kappa shape index (κ3) is 3.38. The van der Waals surface area contributed by atoms with Crippen LogP contribution in [0, 0.1) is 12.8 Å². The van der Waals surface area contributed by atoms with Gasteiger partial charge in [0.2, 0.25) is 0 Å². The first-order valence-corrected chi connectivity index (χ1v) is 6.21. The molecule has 17 heavy (non-hydrogen) atoms. The van der Waals surface area contributed by atoms with Crippen LogP contribution in [-0.2, 0) is 6.54 Å². The van der Waals surface area contributed by atoms with Crippen LogP contribution in [-0.4, -0.2) is 28.0 Å². The van der Waals surface area contributed by atoms with Gasteiger partial charge in [0.25, 0.3) is 0 Å². The van der Waals surface area contributed by atoms with Gasteiger partial charge >= 0.3 is 0 Å². The second-order valence-electron chi connectivity index (χ2n) is 4.91. The van der Waals surface area contributed by atoms with E-state index in [2.05, 4.69) is 27.2 Å². The van der Waals surface area contributed by atoms with E-state index in [9.17, 15) is 0 Å². The number of aryl methyl sites for hydroxylation is 1. The Kier molecular flexibility index (Phi) is 3.91. The lowest BCUT2D eigenvalue weighted by Gasteiger charge is -2.29. The van der Waals surface area contributed by atoms with Crippen LogP contribution in [0.1, 0.15) is 31.3 Å². The van der Waals surface area contributed by atoms with Crippen LogP contribution in [0.4, 0.5) is 5.82 Å². The number of nitrogens with one attached hydrogen (secondary N) is 1. The number of rotatable bonds is 3. The number of piperidine rings is 1. The van der Waals surface area contributed by atoms with E-state index in [0.717, 1.165) is 37.1 Å². The second kappa shape index (κ2) is 5.42. The highest BCUT2D eigenvalue weighted by atomic mass is 15.3. The zero-order valence-corrected chi connectivity index (χ0v) is 10.6. The predicted molar refractivity (Wildman–Crippen MR) is 68.3 cm³/mol. The number of nitrogens with zero attached hydrogens (tertiary/aromatic N) is 3. The van der Waals surface area contributed by atoms with Gasteiger partial charge in [0.15, 0.2) is 0 Å². The maximum absolute atomic E-state index is 5.39. The molecule has 0 atom stereocenters. The summed E-state index contributed by atoms with van der Waals surface area (Å²) in [5, 5.41) is 0. The molecular weight excluding hydrogens is 214 g/mol. The molecule has 1 aromatic heterocycles. The van der Waals surface area contributed by atoms with Crippen LogP contribution in [0.15, 0.2) is 6.07 Å². The van der Waals surface area contributed by atoms with E-state index in [-0.39, 0.29) is 0 Å². The standard InChI is InChI=1S/C12H21N5/c1-9-3-5-17(6-4-9)8-12-14-10(2)7-11(15-12)16-13/h7,9H,3-6,8,13H2,1-2H3,(H,14,15,16). The van der Waals surface area contributed by atoms with E-state index >= 15 is 0 Å². The summed E-state index contributed by atoms with van der Waals surface area (Å²) >= 11 is 0. The van der Waals surface area contributed by atoms with Crippen molar-refractivity contribution in [3.8, 4) is 0 Å². The maximum Gasteiger partial charge on any atom is 0.145 e. The topological polar surface area (TPSA) is 67.1 Å². The Morgan fingerprint density at radius 2 is 2.12 bits per heavy atom. The Bertz CT molecular complexity index is 371. The van der Waals surface area contributed by atoms with E-state index in [4.69, 9.17) is 5.84 Å². The van der Waals surface area contributed by atoms with E-state index < -0.39 is 0 Å². The summed E-state index contributed by atoms with van der Waals surface area (Å²) in [5.74, 6) is 7.78. The van der Waals surface area contributed by atoms with Crippen molar-refractivity contribution >= 4 is 5.82 Å². The zero-order chi connectivity index (χ0) is 12.3. The second-order valence-corrected chi connectivity index (χ2v) is 4.91. The van der Waals surface area contributed by atoms with Crippen LogP contribution in [0.5, 0.6) is 0 Å². The largest absolute Gasteiger partial charge is 0.308 e. The summed E-state index contributed by atoms with van der Waals surface area (Å²) in [6, 6.07) is 1.85. The lowest BCUT2D eigenvalue weighted by molar-refractivity contribution is 0.181. The normalized spacial score (nSPS) is 18.3. The molecule has 94 valence electrons. The van der Waals surface area contributed by atoms with Gasteiger partial charge in [-0.25, -0.2) is 15.8 Å². The van der Waals surface area contributed by atoms with Crippen molar-refractivity contribution in [3.63, 3.8) is 0 Å². The van der Waals surface area contributed by atoms with Crippen LogP contribution in [0.25, 0.3) is 0 Å². The number of nitrogen functional groups attached to an aromatic ring is 1. The first-order valence-electron chi connectivity index (χ1n) is 6.21. The van der Waals surface area contributed by atoms with E-state index in [1.54, 1.807) is 0 Å². The molecule has 5 heteroatoms. The molecule has 1 saturated heterocycles. The minimum absolute atomic E-state index is 0.692. The molecule has 0 radical (unpaired) electrons. The molecule has 1 aromatic rings. The Balaban J connectivity index is 2.00. The summed E-state index contributed by atoms with van der Waals surface area (Å²) < 4.78 is 0. The number of hydrazine groups is 1. The summed E-state index contributed by atoms with van der Waals surface area (Å²) in [5.41, 5.74) is 3.54. The van der Waals surface area contributed by atoms with Crippen molar-refractivity contribution < 1.29 is 0 Å². The minimum atomic E-state index is 0.692. The van der Waals surface area contributed by atoms with Gasteiger partial charge in [-0.15, -0.1) is 0 Å². The predicted octanol–water partition coefficient (Wildman–Crippen LogP) is 1.30. The summed E-state index contributed by atoms with van der Waals surface area (Å²) in [6.45, 7) is 7.39. The van der Waals surface area contributed by atoms with Gasteiger partial charge in [0.1, 0.15) is 11.6 Å². The number of anilines is 1. The van der Waals surface area contributed by atoms with Gasteiger partial charge in [0.05, 0.1) is 6.54 Å². The van der Waals surface area contributed by atoms with Crippen LogP contribution >= 0.6 is 0 Å². The molecule has 0 aromatic carbocycles. The first kappa shape index (κ1) is 12.3. The highest BCUT2D eigenvalue weighted by Crippen LogP contribution is 2.17. The van der Waals surface area contributed by atoms with Crippen molar-refractivity contribution in [2.45, 2.75) is 33.2 Å². The summed E-state index contributed by atoms with van der Waals surface area (Å²) in [4.78, 5) is 11.2. The molecular formula is C12H21N5. The fourth-order valence-corrected chi connectivity index (χ4v) is 2.19. The van der Waals surface area contributed by atoms with Crippen molar-refractivity contribution in [2.24, 2.45) is 11.8 Å². The average Bonchev–Trinajstić information content (AvgIpc) is 2.31. The van der Waals surface area contributed by atoms with Gasteiger partial charge in [-0.05, 0) is 38.8 Å². The number of likely N-dealkylation sites (tertiary alicyclic amines) is 1. The molecule has 3 N–H and O–H groups in total. The van der Waals surface area contributed by atoms with E-state index in [0.29, 0.717) is 5.82 Å². The minimum Gasteiger partial charge on any atom is -0.308 e. The Hall–Kier alpha value is -1.20. The third-order valence-electron chi connectivity index (χ3n) is 3.29. The fraction of sp³-hybridized carbons (Fsp3) is 0.667. The van der Waals surface area contributed by atoms with Gasteiger partial charge in [-0.1, -0.05) is 6.92 Å². The molecule has 0 aliphatic carbocycles. The van der Waals surface area contributed by atoms with Crippen molar-refractivity contribution in [3.05, 3.63) is 17.6 Å². The molecule has 0 saturated carbocycles. The fourth-order valence-electron chi connectivity index (χ4n) is 2.19. The van der Waals surface area contributed by atoms with Crippen LogP contribution in [0.2, 0.25) is 0 Å². The van der Waals surface area contributed by atoms with Crippen molar-refractivity contribution in [2.75, 3.05) is 18.5 Å². The molecule has 0 unspecified atom stereocenters. The number of hydrogen-bond acceptors (Lipinski definition) is 5. The average molecular weight is 235 g/mol. The lowest BCUT2D eigenvalue weighted by Crippen LogP contribution is -2.33. The van der Waals surface area contributed by atoms with E-state index in [1.165, 1.54) is 12.8 Å². The number of hydrogen-bond donors (Lipinski definition) is 2. The summed E-state index contributed by atoms with van der Waals surface area (Å²) in [7, 11) is 0. The van der Waals surface area contributed by atoms with Crippen molar-refractivity contribution in [1.29, 1.82) is 0 Å². The monoisotopic (exact) mass is 235 g/mol. The number of nitrogens with two attached hydrogens (primary N) is 1. The van der Waals surface area contributed by atoms with Gasteiger partial charge in [-0.2, -0.15) is 0 Å². The zero-order valence-electron chi connectivity index (χ0n) is 10.6. The highest BCUT2D eigenvalue weighted by molar-refractivity contribution is 5.33. The molecule has 2 rings (SSSR count). The lowest BCUT2D eigenvalue weighted by atomic mass is 9.99. The molecule has 1 fully saturated rings. The molecule has 1 aliphatic heterocycles. The Morgan fingerprint density at radius 1 is 1.41 bits per heavy atom. The van der Waals surface area contributed by atoms with Gasteiger partial charge < -0.3 is 5.43 Å². The molecule has 1 aliphatic rings. The Labute approximate surface area is 102 Å². The van der Waals surface area contributed by atoms with Crippen LogP contribution in [0.3, 0.4) is 0 Å². The molecule has 0 spiro atoms. The van der Waals surface area contributed by atoms with Crippen LogP contribution < -0.4 is 11.3 Å². The highest BCUT2D eigenvalue weighted by Gasteiger charge is 2.16. The van der Waals surface area contributed by atoms with Gasteiger partial charge in [0, 0.05) is 11.8 Å². The molecule has 2 heterocycles. The van der Waals surface area contributed by atoms with E-state index in [1.807, 2.05) is 13.0 Å². The smallest absolute Gasteiger partial charge is 0.145 e. The molecule has 0 amide bonds. The van der Waals surface area contributed by atoms with Crippen molar-refractivity contribution in [1.82, 2.24) is 14.9 Å². The maximum atomic E-state index is 5.39. The summed E-state index contributed by atoms with van der Waals surface area (Å²) in [6.07, 6.45) is 2.54. The number of aromatic nitrogens is 2. The SMILES string of the molecule is Cc1cc(NN)nc(CN2CCC(C)CC2)n1.